The number of nitrogen functional groups attached to an aromatic ring is 1. The van der Waals surface area contributed by atoms with E-state index in [4.69, 9.17) is 10.5 Å². The molecule has 0 aliphatic carbocycles. The summed E-state index contributed by atoms with van der Waals surface area (Å²) < 4.78 is 35.7. The highest BCUT2D eigenvalue weighted by Gasteiger charge is 2.28. The Kier molecular flexibility index (Phi) is 6.80. The van der Waals surface area contributed by atoms with Crippen molar-refractivity contribution >= 4 is 26.9 Å². The molecule has 1 aromatic carbocycles. The molecule has 1 aliphatic heterocycles. The molecule has 6 rings (SSSR count). The summed E-state index contributed by atoms with van der Waals surface area (Å²) in [6, 6.07) is 13.5. The van der Waals surface area contributed by atoms with E-state index in [0.717, 1.165) is 38.9 Å². The van der Waals surface area contributed by atoms with E-state index in [2.05, 4.69) is 26.6 Å². The summed E-state index contributed by atoms with van der Waals surface area (Å²) in [5.41, 5.74) is 11.6. The van der Waals surface area contributed by atoms with E-state index in [1.807, 2.05) is 78.1 Å². The minimum atomic E-state index is -3.42. The van der Waals surface area contributed by atoms with Crippen LogP contribution in [0.25, 0.3) is 33.4 Å². The van der Waals surface area contributed by atoms with Crippen LogP contribution in [0.2, 0.25) is 0 Å². The number of anilines is 1. The van der Waals surface area contributed by atoms with Crippen molar-refractivity contribution in [2.24, 2.45) is 7.05 Å². The summed E-state index contributed by atoms with van der Waals surface area (Å²) in [4.78, 5) is 13.2. The molecule has 11 nitrogen and oxygen atoms in total. The fraction of sp³-hybridized carbons (Fsp3) is 0.241. The largest absolute Gasteiger partial charge is 0.439 e. The lowest BCUT2D eigenvalue weighted by atomic mass is 10.00. The average molecular weight is 571 g/mol. The number of aryl methyl sites for hydroxylation is 2. The van der Waals surface area contributed by atoms with E-state index < -0.39 is 10.0 Å². The lowest BCUT2D eigenvalue weighted by Gasteiger charge is -2.30. The number of ether oxygens (including phenoxy) is 1. The predicted molar refractivity (Wildman–Crippen MR) is 158 cm³/mol. The van der Waals surface area contributed by atoms with Crippen molar-refractivity contribution in [2.75, 3.05) is 18.8 Å². The number of hydrogen-bond acceptors (Lipinski definition) is 8. The van der Waals surface area contributed by atoms with Crippen LogP contribution in [0.3, 0.4) is 0 Å². The molecule has 0 atom stereocenters. The first-order valence-electron chi connectivity index (χ1n) is 13.2. The van der Waals surface area contributed by atoms with Crippen molar-refractivity contribution in [1.29, 1.82) is 0 Å². The van der Waals surface area contributed by atoms with Crippen LogP contribution < -0.4 is 10.5 Å². The zero-order valence-corrected chi connectivity index (χ0v) is 23.6. The lowest BCUT2D eigenvalue weighted by molar-refractivity contribution is 0.263. The third-order valence-corrected chi connectivity index (χ3v) is 8.97. The highest BCUT2D eigenvalue weighted by atomic mass is 32.2. The number of piperidine rings is 1. The molecular weight excluding hydrogens is 540 g/mol. The number of nitrogens with zero attached hydrogens (tertiary/aromatic N) is 7. The molecule has 41 heavy (non-hydrogen) atoms. The molecule has 1 fully saturated rings. The second kappa shape index (κ2) is 10.5. The molecule has 0 amide bonds. The summed E-state index contributed by atoms with van der Waals surface area (Å²) in [5.74, 6) is 1.58. The summed E-state index contributed by atoms with van der Waals surface area (Å²) in [6.45, 7) is 6.20. The number of sulfonamides is 1. The monoisotopic (exact) mass is 570 g/mol. The Morgan fingerprint density at radius 1 is 1.07 bits per heavy atom. The first kappa shape index (κ1) is 26.7. The number of pyridine rings is 1. The normalized spacial score (nSPS) is 14.9. The molecule has 0 bridgehead atoms. The lowest BCUT2D eigenvalue weighted by Crippen LogP contribution is -2.38. The van der Waals surface area contributed by atoms with Crippen molar-refractivity contribution < 1.29 is 13.2 Å². The van der Waals surface area contributed by atoms with Gasteiger partial charge in [-0.2, -0.15) is 9.40 Å². The van der Waals surface area contributed by atoms with E-state index in [1.54, 1.807) is 0 Å². The second-order valence-corrected chi connectivity index (χ2v) is 11.9. The summed E-state index contributed by atoms with van der Waals surface area (Å²) >= 11 is 0. The Balaban J connectivity index is 1.35. The zero-order valence-electron chi connectivity index (χ0n) is 22.8. The smallest absolute Gasteiger partial charge is 0.235 e. The van der Waals surface area contributed by atoms with Gasteiger partial charge >= 0.3 is 0 Å². The number of fused-ring (bicyclic) bond motifs is 1. The SMILES string of the molecule is C=CS(=O)(=O)N1CCC(n2cc(-c3c(-c4ccc(Oc5cccc(C)n5)cc4)c4c(N)ncnc4n3C)cn2)CC1. The molecule has 4 aromatic heterocycles. The second-order valence-electron chi connectivity index (χ2n) is 10.0. The van der Waals surface area contributed by atoms with Crippen LogP contribution in [0.1, 0.15) is 24.6 Å². The third-order valence-electron chi connectivity index (χ3n) is 7.47. The van der Waals surface area contributed by atoms with Crippen molar-refractivity contribution in [3.63, 3.8) is 0 Å². The Labute approximate surface area is 238 Å². The van der Waals surface area contributed by atoms with Crippen molar-refractivity contribution in [2.45, 2.75) is 25.8 Å². The van der Waals surface area contributed by atoms with Crippen LogP contribution in [0, 0.1) is 6.92 Å². The van der Waals surface area contributed by atoms with Gasteiger partial charge in [0.05, 0.1) is 23.3 Å². The first-order valence-corrected chi connectivity index (χ1v) is 14.7. The van der Waals surface area contributed by atoms with E-state index >= 15 is 0 Å². The maximum atomic E-state index is 12.2. The Morgan fingerprint density at radius 2 is 1.83 bits per heavy atom. The van der Waals surface area contributed by atoms with Gasteiger partial charge in [0.2, 0.25) is 15.9 Å². The van der Waals surface area contributed by atoms with E-state index in [-0.39, 0.29) is 6.04 Å². The van der Waals surface area contributed by atoms with Crippen molar-refractivity contribution in [1.82, 2.24) is 33.6 Å². The van der Waals surface area contributed by atoms with Gasteiger partial charge in [0, 0.05) is 54.6 Å². The molecule has 0 spiro atoms. The van der Waals surface area contributed by atoms with Gasteiger partial charge in [-0.25, -0.2) is 23.4 Å². The maximum absolute atomic E-state index is 12.2. The van der Waals surface area contributed by atoms with Gasteiger partial charge < -0.3 is 15.0 Å². The van der Waals surface area contributed by atoms with Crippen LogP contribution >= 0.6 is 0 Å². The molecule has 0 saturated carbocycles. The van der Waals surface area contributed by atoms with Crippen LogP contribution in [0.15, 0.2) is 73.2 Å². The van der Waals surface area contributed by atoms with Gasteiger partial charge in [-0.3, -0.25) is 4.68 Å². The number of rotatable bonds is 7. The minimum Gasteiger partial charge on any atom is -0.439 e. The van der Waals surface area contributed by atoms with Crippen LogP contribution in [-0.4, -0.2) is 55.1 Å². The van der Waals surface area contributed by atoms with Gasteiger partial charge in [-0.15, -0.1) is 0 Å². The van der Waals surface area contributed by atoms with Gasteiger partial charge in [0.15, 0.2) is 0 Å². The number of aromatic nitrogens is 6. The molecule has 1 aliphatic rings. The predicted octanol–water partition coefficient (Wildman–Crippen LogP) is 4.69. The molecule has 5 aromatic rings. The van der Waals surface area contributed by atoms with Gasteiger partial charge in [-0.05, 0) is 43.5 Å². The standard InChI is InChI=1S/C29H30N8O3S/c1-4-41(38,39)36-14-12-22(13-15-36)37-17-21(16-33-37)27-25(26-28(30)31-18-32-29(26)35(27)3)20-8-10-23(11-9-20)40-24-7-5-6-19(2)34-24/h4-11,16-18,22H,1,12-15H2,2-3H3,(H2,30,31,32). The Morgan fingerprint density at radius 3 is 2.54 bits per heavy atom. The van der Waals surface area contributed by atoms with Crippen LogP contribution in [0.5, 0.6) is 11.6 Å². The van der Waals surface area contributed by atoms with E-state index in [9.17, 15) is 8.42 Å². The Bertz CT molecular complexity index is 1850. The molecule has 2 N–H and O–H groups in total. The van der Waals surface area contributed by atoms with Gasteiger partial charge in [-0.1, -0.05) is 24.8 Å². The van der Waals surface area contributed by atoms with Crippen molar-refractivity contribution in [3.8, 4) is 34.0 Å². The van der Waals surface area contributed by atoms with Crippen LogP contribution in [0.4, 0.5) is 5.82 Å². The van der Waals surface area contributed by atoms with Gasteiger partial charge in [0.25, 0.3) is 0 Å². The third kappa shape index (κ3) is 4.96. The molecule has 210 valence electrons. The summed E-state index contributed by atoms with van der Waals surface area (Å²) in [6.07, 6.45) is 6.61. The highest BCUT2D eigenvalue weighted by molar-refractivity contribution is 7.92. The van der Waals surface area contributed by atoms with E-state index in [0.29, 0.717) is 49.0 Å². The zero-order chi connectivity index (χ0) is 28.7. The summed E-state index contributed by atoms with van der Waals surface area (Å²) in [5, 5.41) is 6.45. The number of hydrogen-bond donors (Lipinski definition) is 1. The molecule has 12 heteroatoms. The quantitative estimate of drug-likeness (QED) is 0.298. The number of nitrogens with two attached hydrogens (primary N) is 1. The molecule has 0 unspecified atom stereocenters. The van der Waals surface area contributed by atoms with Crippen molar-refractivity contribution in [3.05, 3.63) is 78.9 Å². The molecule has 0 radical (unpaired) electrons. The molecule has 1 saturated heterocycles. The topological polar surface area (TPSA) is 134 Å². The minimum absolute atomic E-state index is 0.0784. The Hall–Kier alpha value is -4.55. The van der Waals surface area contributed by atoms with Crippen LogP contribution in [-0.2, 0) is 17.1 Å². The summed E-state index contributed by atoms with van der Waals surface area (Å²) in [7, 11) is -1.47. The van der Waals surface area contributed by atoms with Gasteiger partial charge in [0.1, 0.15) is 23.5 Å². The molecule has 5 heterocycles. The fourth-order valence-electron chi connectivity index (χ4n) is 5.41. The average Bonchev–Trinajstić information content (AvgIpc) is 3.57. The fourth-order valence-corrected chi connectivity index (χ4v) is 6.34. The molecular formula is C29H30N8O3S. The van der Waals surface area contributed by atoms with E-state index in [1.165, 1.54) is 10.6 Å². The first-order chi connectivity index (χ1) is 19.7. The maximum Gasteiger partial charge on any atom is 0.235 e. The highest BCUT2D eigenvalue weighted by Crippen LogP contribution is 2.42. The number of benzene rings is 1.